The molecule has 1 aliphatic carbocycles. The predicted molar refractivity (Wildman–Crippen MR) is 132 cm³/mol. The van der Waals surface area contributed by atoms with Crippen molar-refractivity contribution in [3.63, 3.8) is 0 Å². The summed E-state index contributed by atoms with van der Waals surface area (Å²) in [7, 11) is -3.24. The number of hydrogen-bond donors (Lipinski definition) is 0. The van der Waals surface area contributed by atoms with Crippen LogP contribution in [0.15, 0.2) is 42.5 Å². The Morgan fingerprint density at radius 2 is 1.45 bits per heavy atom. The zero-order chi connectivity index (χ0) is 22.9. The lowest BCUT2D eigenvalue weighted by Gasteiger charge is -2.42. The first-order valence-electron chi connectivity index (χ1n) is 11.4. The third kappa shape index (κ3) is 5.06. The molecular formula is C27H37O3P. The molecule has 2 aromatic carbocycles. The van der Waals surface area contributed by atoms with Gasteiger partial charge < -0.3 is 9.05 Å². The molecule has 3 nitrogen and oxygen atoms in total. The van der Waals surface area contributed by atoms with Gasteiger partial charge in [-0.1, -0.05) is 64.1 Å². The van der Waals surface area contributed by atoms with Crippen molar-refractivity contribution >= 4 is 24.5 Å². The predicted octanol–water partition coefficient (Wildman–Crippen LogP) is 7.49. The first-order chi connectivity index (χ1) is 14.5. The minimum Gasteiger partial charge on any atom is -0.305 e. The van der Waals surface area contributed by atoms with Crippen molar-refractivity contribution in [2.75, 3.05) is 13.2 Å². The second kappa shape index (κ2) is 9.06. The van der Waals surface area contributed by atoms with Gasteiger partial charge in [0.15, 0.2) is 0 Å². The van der Waals surface area contributed by atoms with E-state index in [0.717, 1.165) is 5.56 Å². The Morgan fingerprint density at radius 3 is 2.00 bits per heavy atom. The summed E-state index contributed by atoms with van der Waals surface area (Å²) in [5, 5.41) is 0.601. The quantitative estimate of drug-likeness (QED) is 0.330. The van der Waals surface area contributed by atoms with Gasteiger partial charge in [-0.05, 0) is 84.4 Å². The summed E-state index contributed by atoms with van der Waals surface area (Å²) in [4.78, 5) is 0. The summed E-state index contributed by atoms with van der Waals surface area (Å²) in [5.41, 5.74) is 6.91. The second-order valence-corrected chi connectivity index (χ2v) is 11.8. The topological polar surface area (TPSA) is 35.5 Å². The van der Waals surface area contributed by atoms with Crippen LogP contribution in [0.1, 0.15) is 83.6 Å². The molecule has 0 spiro atoms. The van der Waals surface area contributed by atoms with Gasteiger partial charge in [-0.2, -0.15) is 0 Å². The van der Waals surface area contributed by atoms with E-state index in [-0.39, 0.29) is 10.8 Å². The highest BCUT2D eigenvalue weighted by atomic mass is 31.2. The van der Waals surface area contributed by atoms with E-state index in [9.17, 15) is 4.57 Å². The third-order valence-electron chi connectivity index (χ3n) is 6.50. The van der Waals surface area contributed by atoms with E-state index in [1.807, 2.05) is 38.1 Å². The van der Waals surface area contributed by atoms with Crippen molar-refractivity contribution in [1.29, 1.82) is 0 Å². The number of benzene rings is 2. The Labute approximate surface area is 188 Å². The van der Waals surface area contributed by atoms with Crippen molar-refractivity contribution in [2.24, 2.45) is 0 Å². The largest absolute Gasteiger partial charge is 0.361 e. The van der Waals surface area contributed by atoms with E-state index in [2.05, 4.69) is 58.9 Å². The van der Waals surface area contributed by atoms with Crippen LogP contribution < -0.4 is 5.30 Å². The average molecular weight is 441 g/mol. The van der Waals surface area contributed by atoms with E-state index in [0.29, 0.717) is 18.5 Å². The molecule has 0 saturated carbocycles. The van der Waals surface area contributed by atoms with E-state index in [1.54, 1.807) is 0 Å². The van der Waals surface area contributed by atoms with Crippen molar-refractivity contribution in [1.82, 2.24) is 0 Å². The molecule has 31 heavy (non-hydrogen) atoms. The van der Waals surface area contributed by atoms with Crippen LogP contribution in [0.5, 0.6) is 0 Å². The first-order valence-corrected chi connectivity index (χ1v) is 12.9. The van der Waals surface area contributed by atoms with Crippen LogP contribution >= 0.6 is 7.60 Å². The summed E-state index contributed by atoms with van der Waals surface area (Å²) in [6, 6.07) is 14.6. The van der Waals surface area contributed by atoms with Gasteiger partial charge >= 0.3 is 7.60 Å². The Balaban J connectivity index is 1.91. The van der Waals surface area contributed by atoms with E-state index >= 15 is 0 Å². The molecule has 0 aromatic heterocycles. The van der Waals surface area contributed by atoms with E-state index in [1.165, 1.54) is 35.1 Å². The fourth-order valence-corrected chi connectivity index (χ4v) is 6.01. The van der Waals surface area contributed by atoms with Gasteiger partial charge in [0.1, 0.15) is 0 Å². The Morgan fingerprint density at radius 1 is 0.903 bits per heavy atom. The molecule has 0 fully saturated rings. The normalized spacial score (nSPS) is 18.0. The van der Waals surface area contributed by atoms with Crippen LogP contribution in [-0.2, 0) is 24.4 Å². The van der Waals surface area contributed by atoms with Crippen molar-refractivity contribution < 1.29 is 13.6 Å². The van der Waals surface area contributed by atoms with Crippen molar-refractivity contribution in [3.05, 3.63) is 64.7 Å². The summed E-state index contributed by atoms with van der Waals surface area (Å²) in [6.07, 6.45) is 4.61. The Hall–Kier alpha value is -1.67. The molecule has 0 radical (unpaired) electrons. The second-order valence-electron chi connectivity index (χ2n) is 9.78. The first kappa shape index (κ1) is 24.0. The maximum atomic E-state index is 13.0. The molecule has 0 N–H and O–H groups in total. The highest BCUT2D eigenvalue weighted by Gasteiger charge is 2.37. The van der Waals surface area contributed by atoms with Gasteiger partial charge in [-0.15, -0.1) is 0 Å². The zero-order valence-corrected chi connectivity index (χ0v) is 21.0. The lowest BCUT2D eigenvalue weighted by Crippen LogP contribution is -2.33. The molecule has 0 atom stereocenters. The molecule has 0 saturated heterocycles. The lowest BCUT2D eigenvalue weighted by molar-refractivity contribution is 0.230. The van der Waals surface area contributed by atoms with E-state index < -0.39 is 7.60 Å². The molecule has 2 aromatic rings. The molecule has 0 unspecified atom stereocenters. The molecule has 0 aliphatic heterocycles. The lowest BCUT2D eigenvalue weighted by atomic mass is 9.63. The van der Waals surface area contributed by atoms with Crippen LogP contribution in [-0.4, -0.2) is 13.2 Å². The minimum absolute atomic E-state index is 0.197. The summed E-state index contributed by atoms with van der Waals surface area (Å²) in [5.74, 6) is 0. The van der Waals surface area contributed by atoms with E-state index in [4.69, 9.17) is 9.05 Å². The monoisotopic (exact) mass is 440 g/mol. The van der Waals surface area contributed by atoms with Crippen LogP contribution in [0.4, 0.5) is 0 Å². The average Bonchev–Trinajstić information content (AvgIpc) is 2.72. The van der Waals surface area contributed by atoms with Gasteiger partial charge in [-0.25, -0.2) is 0 Å². The molecule has 0 amide bonds. The fourth-order valence-electron chi connectivity index (χ4n) is 4.45. The van der Waals surface area contributed by atoms with Gasteiger partial charge in [0, 0.05) is 0 Å². The number of hydrogen-bond acceptors (Lipinski definition) is 3. The molecule has 0 bridgehead atoms. The molecule has 168 valence electrons. The third-order valence-corrected chi connectivity index (χ3v) is 8.63. The van der Waals surface area contributed by atoms with Crippen LogP contribution in [0.25, 0.3) is 11.6 Å². The van der Waals surface area contributed by atoms with Gasteiger partial charge in [0.05, 0.1) is 18.5 Å². The Bertz CT molecular complexity index is 990. The van der Waals surface area contributed by atoms with Gasteiger partial charge in [-0.3, -0.25) is 4.57 Å². The Kier molecular flexibility index (Phi) is 7.01. The molecular weight excluding hydrogens is 403 g/mol. The number of rotatable bonds is 7. The van der Waals surface area contributed by atoms with Crippen LogP contribution in [0, 0.1) is 0 Å². The van der Waals surface area contributed by atoms with Crippen molar-refractivity contribution in [2.45, 2.75) is 72.1 Å². The highest BCUT2D eigenvalue weighted by molar-refractivity contribution is 7.62. The van der Waals surface area contributed by atoms with Gasteiger partial charge in [0.25, 0.3) is 0 Å². The SMILES string of the molecule is CCOP(=O)(OCC)c1ccc(/C=C(\C)c2ccc3c(c2)C(C)(C)CCC3(C)C)cc1. The van der Waals surface area contributed by atoms with Gasteiger partial charge in [0.2, 0.25) is 0 Å². The summed E-state index contributed by atoms with van der Waals surface area (Å²) < 4.78 is 23.9. The van der Waals surface area contributed by atoms with Crippen LogP contribution in [0.3, 0.4) is 0 Å². The van der Waals surface area contributed by atoms with Crippen LogP contribution in [0.2, 0.25) is 0 Å². The highest BCUT2D eigenvalue weighted by Crippen LogP contribution is 2.47. The molecule has 4 heteroatoms. The maximum absolute atomic E-state index is 13.0. The fraction of sp³-hybridized carbons (Fsp3) is 0.481. The number of allylic oxidation sites excluding steroid dienone is 1. The van der Waals surface area contributed by atoms with Crippen molar-refractivity contribution in [3.8, 4) is 0 Å². The minimum atomic E-state index is -3.24. The molecule has 0 heterocycles. The smallest absolute Gasteiger partial charge is 0.305 e. The number of fused-ring (bicyclic) bond motifs is 1. The zero-order valence-electron chi connectivity index (χ0n) is 20.1. The standard InChI is InChI=1S/C27H37O3P/c1-8-29-31(28,30-9-2)23-13-10-21(11-14-23)18-20(3)22-12-15-24-25(19-22)27(6,7)17-16-26(24,4)5/h10-15,18-19H,8-9,16-17H2,1-7H3/b20-18+. The molecule has 3 rings (SSSR count). The maximum Gasteiger partial charge on any atom is 0.361 e. The molecule has 1 aliphatic rings. The summed E-state index contributed by atoms with van der Waals surface area (Å²) >= 11 is 0. The summed E-state index contributed by atoms with van der Waals surface area (Å²) in [6.45, 7) is 15.9.